The van der Waals surface area contributed by atoms with E-state index >= 15 is 0 Å². The Balaban J connectivity index is 0.00000484. The van der Waals surface area contributed by atoms with Gasteiger partial charge in [0.25, 0.3) is 0 Å². The van der Waals surface area contributed by atoms with E-state index in [0.29, 0.717) is 42.4 Å². The van der Waals surface area contributed by atoms with Crippen LogP contribution in [0, 0.1) is 5.41 Å². The van der Waals surface area contributed by atoms with Gasteiger partial charge in [-0.05, 0) is 51.1 Å². The van der Waals surface area contributed by atoms with Gasteiger partial charge in [0.1, 0.15) is 30.0 Å². The first-order valence-electron chi connectivity index (χ1n) is 14.7. The third-order valence-corrected chi connectivity index (χ3v) is 8.22. The van der Waals surface area contributed by atoms with E-state index < -0.39 is 23.5 Å². The summed E-state index contributed by atoms with van der Waals surface area (Å²) in [5, 5.41) is 13.2. The summed E-state index contributed by atoms with van der Waals surface area (Å²) in [6.45, 7) is 7.91. The molecular formula is C30H46ClN7O4. The van der Waals surface area contributed by atoms with E-state index in [2.05, 4.69) is 31.2 Å². The van der Waals surface area contributed by atoms with Gasteiger partial charge in [0, 0.05) is 24.0 Å². The summed E-state index contributed by atoms with van der Waals surface area (Å²) in [6, 6.07) is 2.10. The Labute approximate surface area is 254 Å². The predicted molar refractivity (Wildman–Crippen MR) is 167 cm³/mol. The summed E-state index contributed by atoms with van der Waals surface area (Å²) in [5.74, 6) is 0.392. The van der Waals surface area contributed by atoms with E-state index in [9.17, 15) is 14.4 Å². The van der Waals surface area contributed by atoms with Crippen molar-refractivity contribution in [2.45, 2.75) is 96.8 Å². The molecule has 1 aliphatic carbocycles. The third-order valence-electron chi connectivity index (χ3n) is 8.22. The van der Waals surface area contributed by atoms with E-state index in [1.165, 1.54) is 25.6 Å². The van der Waals surface area contributed by atoms with Gasteiger partial charge in [0.2, 0.25) is 17.7 Å². The number of halogens is 1. The lowest BCUT2D eigenvalue weighted by Gasteiger charge is -2.36. The molecular weight excluding hydrogens is 558 g/mol. The topological polar surface area (TPSA) is 138 Å². The highest BCUT2D eigenvalue weighted by atomic mass is 35.5. The molecule has 1 aromatic carbocycles. The molecule has 3 unspecified atom stereocenters. The fourth-order valence-corrected chi connectivity index (χ4v) is 5.64. The Morgan fingerprint density at radius 3 is 2.40 bits per heavy atom. The fraction of sp³-hybridized carbons (Fsp3) is 0.633. The van der Waals surface area contributed by atoms with Crippen LogP contribution in [0.3, 0.4) is 0 Å². The molecule has 232 valence electrons. The zero-order chi connectivity index (χ0) is 29.7. The molecule has 2 aromatic rings. The maximum atomic E-state index is 13.8. The van der Waals surface area contributed by atoms with Crippen LogP contribution in [-0.2, 0) is 14.4 Å². The second-order valence-electron chi connectivity index (χ2n) is 12.3. The quantitative estimate of drug-likeness (QED) is 0.339. The molecule has 1 aliphatic heterocycles. The van der Waals surface area contributed by atoms with Crippen LogP contribution < -0.4 is 26.0 Å². The van der Waals surface area contributed by atoms with Crippen molar-refractivity contribution in [3.63, 3.8) is 0 Å². The number of carbonyl (C=O) groups excluding carboxylic acids is 3. The molecule has 42 heavy (non-hydrogen) atoms. The number of hydrogen-bond acceptors (Lipinski definition) is 8. The highest BCUT2D eigenvalue weighted by Gasteiger charge is 2.42. The summed E-state index contributed by atoms with van der Waals surface area (Å²) < 4.78 is 5.61. The average molecular weight is 604 g/mol. The summed E-state index contributed by atoms with van der Waals surface area (Å²) in [4.78, 5) is 50.7. The Morgan fingerprint density at radius 1 is 1.05 bits per heavy atom. The zero-order valence-corrected chi connectivity index (χ0v) is 26.4. The SMILES string of the molecule is CNC(C)C(=O)NC(C(=O)N1CCCC1C(=O)Nc1cc2c(NC3CCCCC3)ncnc2cc1OC)C(C)(C)C.Cl. The lowest BCUT2D eigenvalue weighted by Crippen LogP contribution is -2.59. The van der Waals surface area contributed by atoms with Crippen molar-refractivity contribution in [3.05, 3.63) is 18.5 Å². The monoisotopic (exact) mass is 603 g/mol. The Hall–Kier alpha value is -3.18. The van der Waals surface area contributed by atoms with Crippen LogP contribution in [0.1, 0.15) is 72.6 Å². The van der Waals surface area contributed by atoms with Crippen LogP contribution in [0.5, 0.6) is 5.75 Å². The van der Waals surface area contributed by atoms with Crippen LogP contribution in [0.2, 0.25) is 0 Å². The average Bonchev–Trinajstić information content (AvgIpc) is 3.45. The summed E-state index contributed by atoms with van der Waals surface area (Å²) in [6.07, 6.45) is 8.61. The van der Waals surface area contributed by atoms with Gasteiger partial charge < -0.3 is 30.9 Å². The first kappa shape index (κ1) is 33.3. The van der Waals surface area contributed by atoms with Crippen LogP contribution >= 0.6 is 12.4 Å². The lowest BCUT2D eigenvalue weighted by atomic mass is 9.85. The number of aromatic nitrogens is 2. The molecule has 3 amide bonds. The molecule has 1 saturated carbocycles. The van der Waals surface area contributed by atoms with Gasteiger partial charge in [-0.25, -0.2) is 9.97 Å². The van der Waals surface area contributed by atoms with E-state index in [-0.39, 0.29) is 30.1 Å². The summed E-state index contributed by atoms with van der Waals surface area (Å²) in [7, 11) is 3.24. The standard InChI is InChI=1S/C30H45N7O4.ClH/c1-18(31-5)27(38)36-25(30(2,3)4)29(40)37-14-10-13-23(37)28(39)35-22-15-20-21(16-24(22)41-6)32-17-33-26(20)34-19-11-8-7-9-12-19;/h15-19,23,25,31H,7-14H2,1-6H3,(H,35,39)(H,36,38)(H,32,33,34);1H. The van der Waals surface area contributed by atoms with Crippen molar-refractivity contribution in [2.75, 3.05) is 31.3 Å². The molecule has 1 saturated heterocycles. The van der Waals surface area contributed by atoms with Gasteiger partial charge in [-0.2, -0.15) is 0 Å². The summed E-state index contributed by atoms with van der Waals surface area (Å²) >= 11 is 0. The van der Waals surface area contributed by atoms with Crippen LogP contribution in [-0.4, -0.2) is 77.5 Å². The number of likely N-dealkylation sites (N-methyl/N-ethyl adjacent to an activating group) is 1. The molecule has 11 nitrogen and oxygen atoms in total. The first-order valence-corrected chi connectivity index (χ1v) is 14.7. The highest BCUT2D eigenvalue weighted by molar-refractivity contribution is 6.03. The van der Waals surface area contributed by atoms with E-state index in [4.69, 9.17) is 4.74 Å². The molecule has 0 spiro atoms. The number of rotatable bonds is 9. The predicted octanol–water partition coefficient (Wildman–Crippen LogP) is 3.87. The number of hydrogen-bond donors (Lipinski definition) is 4. The lowest BCUT2D eigenvalue weighted by molar-refractivity contribution is -0.143. The maximum absolute atomic E-state index is 13.8. The molecule has 2 fully saturated rings. The van der Waals surface area contributed by atoms with Crippen molar-refractivity contribution in [3.8, 4) is 5.75 Å². The normalized spacial score (nSPS) is 19.0. The van der Waals surface area contributed by atoms with E-state index in [0.717, 1.165) is 24.0 Å². The van der Waals surface area contributed by atoms with E-state index in [1.54, 1.807) is 32.0 Å². The molecule has 2 heterocycles. The van der Waals surface area contributed by atoms with Crippen molar-refractivity contribution >= 4 is 52.5 Å². The van der Waals surface area contributed by atoms with Gasteiger partial charge in [-0.15, -0.1) is 12.4 Å². The fourth-order valence-electron chi connectivity index (χ4n) is 5.64. The Kier molecular flexibility index (Phi) is 11.4. The number of carbonyl (C=O) groups is 3. The largest absolute Gasteiger partial charge is 0.494 e. The smallest absolute Gasteiger partial charge is 0.247 e. The minimum absolute atomic E-state index is 0. The van der Waals surface area contributed by atoms with Gasteiger partial charge in [0.05, 0.1) is 24.4 Å². The third kappa shape index (κ3) is 7.60. The number of anilines is 2. The van der Waals surface area contributed by atoms with Gasteiger partial charge in [0.15, 0.2) is 0 Å². The van der Waals surface area contributed by atoms with Gasteiger partial charge >= 0.3 is 0 Å². The Bertz CT molecular complexity index is 1260. The number of amides is 3. The molecule has 4 N–H and O–H groups in total. The first-order chi connectivity index (χ1) is 19.5. The molecule has 1 aromatic heterocycles. The number of methoxy groups -OCH3 is 1. The van der Waals surface area contributed by atoms with Crippen LogP contribution in [0.4, 0.5) is 11.5 Å². The van der Waals surface area contributed by atoms with Crippen molar-refractivity contribution in [2.24, 2.45) is 5.41 Å². The highest BCUT2D eigenvalue weighted by Crippen LogP contribution is 2.34. The zero-order valence-electron chi connectivity index (χ0n) is 25.6. The molecule has 4 rings (SSSR count). The number of likely N-dealkylation sites (tertiary alicyclic amines) is 1. The van der Waals surface area contributed by atoms with Crippen molar-refractivity contribution in [1.82, 2.24) is 25.5 Å². The minimum Gasteiger partial charge on any atom is -0.494 e. The molecule has 12 heteroatoms. The second-order valence-corrected chi connectivity index (χ2v) is 12.3. The number of ether oxygens (including phenoxy) is 1. The second kappa shape index (κ2) is 14.3. The van der Waals surface area contributed by atoms with Gasteiger partial charge in [-0.3, -0.25) is 14.4 Å². The molecule has 0 bridgehead atoms. The maximum Gasteiger partial charge on any atom is 0.247 e. The number of nitrogens with zero attached hydrogens (tertiary/aromatic N) is 3. The molecule has 3 atom stereocenters. The molecule has 0 radical (unpaired) electrons. The number of benzene rings is 1. The Morgan fingerprint density at radius 2 is 1.76 bits per heavy atom. The minimum atomic E-state index is -0.778. The van der Waals surface area contributed by atoms with E-state index in [1.807, 2.05) is 26.8 Å². The van der Waals surface area contributed by atoms with Crippen molar-refractivity contribution < 1.29 is 19.1 Å². The number of nitrogens with one attached hydrogen (secondary N) is 4. The van der Waals surface area contributed by atoms with Crippen LogP contribution in [0.25, 0.3) is 10.9 Å². The van der Waals surface area contributed by atoms with Crippen LogP contribution in [0.15, 0.2) is 18.5 Å². The summed E-state index contributed by atoms with van der Waals surface area (Å²) in [5.41, 5.74) is 0.660. The molecule has 2 aliphatic rings. The van der Waals surface area contributed by atoms with Gasteiger partial charge in [-0.1, -0.05) is 40.0 Å². The number of fused-ring (bicyclic) bond motifs is 1. The van der Waals surface area contributed by atoms with Crippen molar-refractivity contribution in [1.29, 1.82) is 0 Å².